The van der Waals surface area contributed by atoms with Gasteiger partial charge in [-0.3, -0.25) is 4.79 Å². The molecule has 2 aliphatic rings. The summed E-state index contributed by atoms with van der Waals surface area (Å²) in [4.78, 5) is 14.3. The van der Waals surface area contributed by atoms with Crippen LogP contribution in [-0.2, 0) is 14.3 Å². The molecule has 116 valence electrons. The minimum Gasteiger partial charge on any atom is -0.382 e. The number of rotatable bonds is 7. The zero-order chi connectivity index (χ0) is 14.2. The number of nitrogens with zero attached hydrogens (tertiary/aromatic N) is 1. The van der Waals surface area contributed by atoms with Crippen molar-refractivity contribution < 1.29 is 14.3 Å². The fourth-order valence-corrected chi connectivity index (χ4v) is 3.33. The minimum absolute atomic E-state index is 0.385. The summed E-state index contributed by atoms with van der Waals surface area (Å²) in [6.07, 6.45) is 8.12. The molecule has 0 aromatic heterocycles. The molecule has 1 amide bonds. The minimum atomic E-state index is 0.385. The van der Waals surface area contributed by atoms with E-state index < -0.39 is 0 Å². The number of ether oxygens (including phenoxy) is 2. The van der Waals surface area contributed by atoms with Gasteiger partial charge in [-0.1, -0.05) is 12.8 Å². The van der Waals surface area contributed by atoms with Gasteiger partial charge >= 0.3 is 0 Å². The zero-order valence-corrected chi connectivity index (χ0v) is 12.8. The topological polar surface area (TPSA) is 38.8 Å². The van der Waals surface area contributed by atoms with Gasteiger partial charge in [-0.2, -0.15) is 0 Å². The molecule has 0 bridgehead atoms. The fourth-order valence-electron chi connectivity index (χ4n) is 3.33. The van der Waals surface area contributed by atoms with Crippen LogP contribution in [0, 0.1) is 11.8 Å². The molecule has 0 unspecified atom stereocenters. The van der Waals surface area contributed by atoms with Crippen LogP contribution in [0.2, 0.25) is 0 Å². The Morgan fingerprint density at radius 1 is 1.05 bits per heavy atom. The molecule has 0 N–H and O–H groups in total. The van der Waals surface area contributed by atoms with Crippen molar-refractivity contribution in [1.29, 1.82) is 0 Å². The predicted octanol–water partition coefficient (Wildman–Crippen LogP) is 2.47. The number of amides is 1. The van der Waals surface area contributed by atoms with Gasteiger partial charge in [0, 0.05) is 33.2 Å². The molecule has 0 radical (unpaired) electrons. The molecule has 1 aliphatic heterocycles. The number of carbonyl (C=O) groups is 1. The van der Waals surface area contributed by atoms with Crippen LogP contribution >= 0.6 is 0 Å². The summed E-state index contributed by atoms with van der Waals surface area (Å²) in [5, 5.41) is 0. The van der Waals surface area contributed by atoms with Crippen molar-refractivity contribution in [3.05, 3.63) is 0 Å². The Bertz CT molecular complexity index is 281. The van der Waals surface area contributed by atoms with E-state index >= 15 is 0 Å². The predicted molar refractivity (Wildman–Crippen MR) is 78.6 cm³/mol. The van der Waals surface area contributed by atoms with E-state index in [1.54, 1.807) is 7.11 Å². The van der Waals surface area contributed by atoms with Gasteiger partial charge in [-0.15, -0.1) is 0 Å². The Kier molecular flexibility index (Phi) is 6.80. The number of piperidine rings is 1. The van der Waals surface area contributed by atoms with Crippen molar-refractivity contribution in [2.75, 3.05) is 40.0 Å². The van der Waals surface area contributed by atoms with E-state index in [9.17, 15) is 4.79 Å². The maximum Gasteiger partial charge on any atom is 0.222 e. The molecule has 4 nitrogen and oxygen atoms in total. The average Bonchev–Trinajstić information content (AvgIpc) is 2.97. The number of hydrogen-bond donors (Lipinski definition) is 0. The number of carbonyl (C=O) groups excluding carboxylic acids is 1. The molecule has 0 spiro atoms. The smallest absolute Gasteiger partial charge is 0.222 e. The molecule has 1 heterocycles. The van der Waals surface area contributed by atoms with Crippen LogP contribution in [0.4, 0.5) is 0 Å². The van der Waals surface area contributed by atoms with E-state index in [0.29, 0.717) is 31.0 Å². The third-order valence-electron chi connectivity index (χ3n) is 4.69. The van der Waals surface area contributed by atoms with Crippen molar-refractivity contribution in [2.24, 2.45) is 11.8 Å². The van der Waals surface area contributed by atoms with Gasteiger partial charge in [0.25, 0.3) is 0 Å². The highest BCUT2D eigenvalue weighted by Gasteiger charge is 2.25. The summed E-state index contributed by atoms with van der Waals surface area (Å²) in [7, 11) is 1.69. The Labute approximate surface area is 122 Å². The first-order chi connectivity index (χ1) is 9.79. The Morgan fingerprint density at radius 2 is 1.75 bits per heavy atom. The SMILES string of the molecule is COCCOCC1CCN(C(=O)CC2CCCC2)CC1. The highest BCUT2D eigenvalue weighted by atomic mass is 16.5. The van der Waals surface area contributed by atoms with Crippen molar-refractivity contribution in [1.82, 2.24) is 4.90 Å². The third kappa shape index (κ3) is 5.06. The lowest BCUT2D eigenvalue weighted by Gasteiger charge is -2.32. The largest absolute Gasteiger partial charge is 0.382 e. The standard InChI is InChI=1S/C16H29NO3/c1-19-10-11-20-13-15-6-8-17(9-7-15)16(18)12-14-4-2-3-5-14/h14-15H,2-13H2,1H3. The molecule has 0 aromatic rings. The van der Waals surface area contributed by atoms with Crippen LogP contribution in [0.3, 0.4) is 0 Å². The molecule has 20 heavy (non-hydrogen) atoms. The van der Waals surface area contributed by atoms with Crippen LogP contribution in [0.5, 0.6) is 0 Å². The Morgan fingerprint density at radius 3 is 2.40 bits per heavy atom. The van der Waals surface area contributed by atoms with E-state index in [0.717, 1.165) is 39.0 Å². The summed E-state index contributed by atoms with van der Waals surface area (Å²) >= 11 is 0. The van der Waals surface area contributed by atoms with E-state index in [2.05, 4.69) is 4.90 Å². The molecular weight excluding hydrogens is 254 g/mol. The number of likely N-dealkylation sites (tertiary alicyclic amines) is 1. The van der Waals surface area contributed by atoms with E-state index in [1.165, 1.54) is 25.7 Å². The van der Waals surface area contributed by atoms with Crippen molar-refractivity contribution >= 4 is 5.91 Å². The fraction of sp³-hybridized carbons (Fsp3) is 0.938. The number of methoxy groups -OCH3 is 1. The van der Waals surface area contributed by atoms with Crippen LogP contribution < -0.4 is 0 Å². The third-order valence-corrected chi connectivity index (χ3v) is 4.69. The van der Waals surface area contributed by atoms with Crippen LogP contribution in [-0.4, -0.2) is 50.8 Å². The van der Waals surface area contributed by atoms with Gasteiger partial charge in [-0.25, -0.2) is 0 Å². The highest BCUT2D eigenvalue weighted by molar-refractivity contribution is 5.76. The van der Waals surface area contributed by atoms with E-state index in [1.807, 2.05) is 0 Å². The van der Waals surface area contributed by atoms with Gasteiger partial charge in [0.15, 0.2) is 0 Å². The second-order valence-corrected chi connectivity index (χ2v) is 6.25. The lowest BCUT2D eigenvalue weighted by molar-refractivity contribution is -0.133. The summed E-state index contributed by atoms with van der Waals surface area (Å²) in [5.41, 5.74) is 0. The molecule has 0 aromatic carbocycles. The lowest BCUT2D eigenvalue weighted by atomic mass is 9.96. The summed E-state index contributed by atoms with van der Waals surface area (Å²) in [6, 6.07) is 0. The maximum absolute atomic E-state index is 12.2. The monoisotopic (exact) mass is 283 g/mol. The molecular formula is C16H29NO3. The normalized spacial score (nSPS) is 21.6. The zero-order valence-electron chi connectivity index (χ0n) is 12.8. The average molecular weight is 283 g/mol. The first kappa shape index (κ1) is 15.8. The van der Waals surface area contributed by atoms with Crippen molar-refractivity contribution in [3.63, 3.8) is 0 Å². The van der Waals surface area contributed by atoms with Crippen molar-refractivity contribution in [2.45, 2.75) is 44.9 Å². The molecule has 0 atom stereocenters. The Balaban J connectivity index is 1.59. The van der Waals surface area contributed by atoms with E-state index in [4.69, 9.17) is 9.47 Å². The first-order valence-electron chi connectivity index (χ1n) is 8.14. The van der Waals surface area contributed by atoms with Gasteiger partial charge in [0.05, 0.1) is 13.2 Å². The molecule has 2 fully saturated rings. The molecule has 4 heteroatoms. The van der Waals surface area contributed by atoms with E-state index in [-0.39, 0.29) is 0 Å². The molecule has 2 rings (SSSR count). The second kappa shape index (κ2) is 8.63. The van der Waals surface area contributed by atoms with Crippen LogP contribution in [0.15, 0.2) is 0 Å². The first-order valence-corrected chi connectivity index (χ1v) is 8.14. The van der Waals surface area contributed by atoms with Gasteiger partial charge < -0.3 is 14.4 Å². The second-order valence-electron chi connectivity index (χ2n) is 6.25. The summed E-state index contributed by atoms with van der Waals surface area (Å²) in [5.74, 6) is 1.66. The van der Waals surface area contributed by atoms with Crippen molar-refractivity contribution in [3.8, 4) is 0 Å². The molecule has 1 saturated heterocycles. The van der Waals surface area contributed by atoms with Gasteiger partial charge in [0.2, 0.25) is 5.91 Å². The molecule has 1 saturated carbocycles. The lowest BCUT2D eigenvalue weighted by Crippen LogP contribution is -2.40. The summed E-state index contributed by atoms with van der Waals surface area (Å²) < 4.78 is 10.6. The maximum atomic E-state index is 12.2. The quantitative estimate of drug-likeness (QED) is 0.674. The number of hydrogen-bond acceptors (Lipinski definition) is 3. The van der Waals surface area contributed by atoms with Gasteiger partial charge in [-0.05, 0) is 37.5 Å². The highest BCUT2D eigenvalue weighted by Crippen LogP contribution is 2.28. The Hall–Kier alpha value is -0.610. The van der Waals surface area contributed by atoms with Gasteiger partial charge in [0.1, 0.15) is 0 Å². The summed E-state index contributed by atoms with van der Waals surface area (Å²) in [6.45, 7) is 4.00. The molecule has 1 aliphatic carbocycles. The van der Waals surface area contributed by atoms with Crippen LogP contribution in [0.25, 0.3) is 0 Å². The van der Waals surface area contributed by atoms with Crippen LogP contribution in [0.1, 0.15) is 44.9 Å².